The molecule has 0 aliphatic carbocycles. The Bertz CT molecular complexity index is 515. The standard InChI is InChI=1S/C16H22N2/c1-12-8-13(2)16(14(3)9-12)11-18-7-5-15(10-18)4-6-17/h5,7-10H,4,6,11,17H2,1-3H3. The first-order valence-corrected chi connectivity index (χ1v) is 6.51. The zero-order valence-electron chi connectivity index (χ0n) is 11.5. The number of aryl methyl sites for hydroxylation is 3. The lowest BCUT2D eigenvalue weighted by Crippen LogP contribution is -2.03. The van der Waals surface area contributed by atoms with Crippen LogP contribution in [0.5, 0.6) is 0 Å². The summed E-state index contributed by atoms with van der Waals surface area (Å²) in [5.41, 5.74) is 12.4. The minimum atomic E-state index is 0.715. The third kappa shape index (κ3) is 2.82. The van der Waals surface area contributed by atoms with Gasteiger partial charge in [-0.25, -0.2) is 0 Å². The van der Waals surface area contributed by atoms with Crippen LogP contribution in [-0.4, -0.2) is 11.1 Å². The van der Waals surface area contributed by atoms with Gasteiger partial charge in [0.15, 0.2) is 0 Å². The predicted molar refractivity (Wildman–Crippen MR) is 76.9 cm³/mol. The summed E-state index contributed by atoms with van der Waals surface area (Å²) in [5.74, 6) is 0. The van der Waals surface area contributed by atoms with E-state index in [1.54, 1.807) is 0 Å². The van der Waals surface area contributed by atoms with E-state index in [-0.39, 0.29) is 0 Å². The van der Waals surface area contributed by atoms with E-state index in [0.717, 1.165) is 13.0 Å². The first-order chi connectivity index (χ1) is 8.60. The highest BCUT2D eigenvalue weighted by Gasteiger charge is 2.05. The van der Waals surface area contributed by atoms with Crippen molar-refractivity contribution in [2.24, 2.45) is 5.73 Å². The van der Waals surface area contributed by atoms with Crippen LogP contribution in [0.15, 0.2) is 30.6 Å². The lowest BCUT2D eigenvalue weighted by molar-refractivity contribution is 0.789. The summed E-state index contributed by atoms with van der Waals surface area (Å²) in [6.45, 7) is 8.20. The molecule has 2 aromatic rings. The molecule has 0 radical (unpaired) electrons. The molecule has 0 bridgehead atoms. The number of nitrogens with zero attached hydrogens (tertiary/aromatic N) is 1. The van der Waals surface area contributed by atoms with Gasteiger partial charge in [0.2, 0.25) is 0 Å². The maximum absolute atomic E-state index is 5.58. The quantitative estimate of drug-likeness (QED) is 0.878. The number of rotatable bonds is 4. The van der Waals surface area contributed by atoms with Gasteiger partial charge in [0.1, 0.15) is 0 Å². The molecule has 0 saturated heterocycles. The third-order valence-corrected chi connectivity index (χ3v) is 3.43. The van der Waals surface area contributed by atoms with Gasteiger partial charge < -0.3 is 10.3 Å². The first-order valence-electron chi connectivity index (χ1n) is 6.51. The minimum absolute atomic E-state index is 0.715. The van der Waals surface area contributed by atoms with Gasteiger partial charge in [-0.2, -0.15) is 0 Å². The predicted octanol–water partition coefficient (Wildman–Crippen LogP) is 2.96. The molecule has 2 rings (SSSR count). The van der Waals surface area contributed by atoms with Crippen molar-refractivity contribution in [2.45, 2.75) is 33.7 Å². The Morgan fingerprint density at radius 1 is 1.11 bits per heavy atom. The molecule has 18 heavy (non-hydrogen) atoms. The molecule has 0 atom stereocenters. The van der Waals surface area contributed by atoms with E-state index >= 15 is 0 Å². The molecule has 1 aromatic carbocycles. The second kappa shape index (κ2) is 5.40. The van der Waals surface area contributed by atoms with Crippen LogP contribution >= 0.6 is 0 Å². The van der Waals surface area contributed by atoms with Crippen molar-refractivity contribution in [1.82, 2.24) is 4.57 Å². The molecule has 0 fully saturated rings. The monoisotopic (exact) mass is 242 g/mol. The normalized spacial score (nSPS) is 10.9. The Balaban J connectivity index is 2.22. The van der Waals surface area contributed by atoms with Crippen molar-refractivity contribution >= 4 is 0 Å². The molecule has 2 nitrogen and oxygen atoms in total. The molecule has 0 spiro atoms. The number of nitrogens with two attached hydrogens (primary N) is 1. The largest absolute Gasteiger partial charge is 0.350 e. The van der Waals surface area contributed by atoms with Crippen LogP contribution in [0.25, 0.3) is 0 Å². The average Bonchev–Trinajstić information content (AvgIpc) is 2.72. The van der Waals surface area contributed by atoms with Gasteiger partial charge in [0, 0.05) is 18.9 Å². The van der Waals surface area contributed by atoms with E-state index in [4.69, 9.17) is 5.73 Å². The van der Waals surface area contributed by atoms with Crippen molar-refractivity contribution in [1.29, 1.82) is 0 Å². The Hall–Kier alpha value is -1.54. The summed E-state index contributed by atoms with van der Waals surface area (Å²) in [5, 5.41) is 0. The van der Waals surface area contributed by atoms with Gasteiger partial charge >= 0.3 is 0 Å². The summed E-state index contributed by atoms with van der Waals surface area (Å²) >= 11 is 0. The van der Waals surface area contributed by atoms with Crippen molar-refractivity contribution < 1.29 is 0 Å². The topological polar surface area (TPSA) is 30.9 Å². The summed E-state index contributed by atoms with van der Waals surface area (Å²) in [7, 11) is 0. The molecule has 96 valence electrons. The number of benzene rings is 1. The second-order valence-electron chi connectivity index (χ2n) is 5.11. The molecule has 2 heteroatoms. The van der Waals surface area contributed by atoms with Crippen LogP contribution in [0, 0.1) is 20.8 Å². The molecule has 0 amide bonds. The van der Waals surface area contributed by atoms with Crippen molar-refractivity contribution in [3.63, 3.8) is 0 Å². The van der Waals surface area contributed by atoms with Crippen molar-refractivity contribution in [3.05, 3.63) is 58.4 Å². The fourth-order valence-electron chi connectivity index (χ4n) is 2.55. The van der Waals surface area contributed by atoms with E-state index < -0.39 is 0 Å². The molecule has 2 N–H and O–H groups in total. The highest BCUT2D eigenvalue weighted by Crippen LogP contribution is 2.18. The van der Waals surface area contributed by atoms with Crippen molar-refractivity contribution in [3.8, 4) is 0 Å². The summed E-state index contributed by atoms with van der Waals surface area (Å²) in [4.78, 5) is 0. The maximum Gasteiger partial charge on any atom is 0.0475 e. The van der Waals surface area contributed by atoms with E-state index in [1.165, 1.54) is 27.8 Å². The molecular formula is C16H22N2. The van der Waals surface area contributed by atoms with Gasteiger partial charge in [-0.15, -0.1) is 0 Å². The number of aromatic nitrogens is 1. The Morgan fingerprint density at radius 2 is 1.78 bits per heavy atom. The van der Waals surface area contributed by atoms with Crippen LogP contribution in [0.1, 0.15) is 27.8 Å². The minimum Gasteiger partial charge on any atom is -0.350 e. The van der Waals surface area contributed by atoms with Gasteiger partial charge in [-0.05, 0) is 62.1 Å². The fourth-order valence-corrected chi connectivity index (χ4v) is 2.55. The molecule has 1 heterocycles. The molecule has 0 aliphatic heterocycles. The molecule has 0 unspecified atom stereocenters. The first kappa shape index (κ1) is 12.9. The van der Waals surface area contributed by atoms with E-state index in [1.807, 2.05) is 0 Å². The van der Waals surface area contributed by atoms with Crippen LogP contribution in [0.2, 0.25) is 0 Å². The average molecular weight is 242 g/mol. The van der Waals surface area contributed by atoms with Gasteiger partial charge in [0.25, 0.3) is 0 Å². The maximum atomic E-state index is 5.58. The third-order valence-electron chi connectivity index (χ3n) is 3.43. The Kier molecular flexibility index (Phi) is 3.87. The number of hydrogen-bond acceptors (Lipinski definition) is 1. The molecule has 0 saturated carbocycles. The lowest BCUT2D eigenvalue weighted by Gasteiger charge is -2.12. The number of hydrogen-bond donors (Lipinski definition) is 1. The van der Waals surface area contributed by atoms with Crippen molar-refractivity contribution in [2.75, 3.05) is 6.54 Å². The van der Waals surface area contributed by atoms with Gasteiger partial charge in [0.05, 0.1) is 0 Å². The fraction of sp³-hybridized carbons (Fsp3) is 0.375. The lowest BCUT2D eigenvalue weighted by atomic mass is 10.00. The molecule has 1 aromatic heterocycles. The van der Waals surface area contributed by atoms with Crippen LogP contribution in [0.3, 0.4) is 0 Å². The van der Waals surface area contributed by atoms with Gasteiger partial charge in [-0.1, -0.05) is 17.7 Å². The Labute approximate surface area is 109 Å². The van der Waals surface area contributed by atoms with E-state index in [2.05, 4.69) is 55.9 Å². The van der Waals surface area contributed by atoms with E-state index in [0.29, 0.717) is 6.54 Å². The SMILES string of the molecule is Cc1cc(C)c(Cn2ccc(CCN)c2)c(C)c1. The van der Waals surface area contributed by atoms with E-state index in [9.17, 15) is 0 Å². The zero-order chi connectivity index (χ0) is 13.1. The van der Waals surface area contributed by atoms with Gasteiger partial charge in [-0.3, -0.25) is 0 Å². The second-order valence-corrected chi connectivity index (χ2v) is 5.11. The smallest absolute Gasteiger partial charge is 0.0475 e. The summed E-state index contributed by atoms with van der Waals surface area (Å²) < 4.78 is 2.25. The zero-order valence-corrected chi connectivity index (χ0v) is 11.5. The Morgan fingerprint density at radius 3 is 2.39 bits per heavy atom. The molecular weight excluding hydrogens is 220 g/mol. The molecule has 0 aliphatic rings. The van der Waals surface area contributed by atoms with Crippen LogP contribution < -0.4 is 5.73 Å². The van der Waals surface area contributed by atoms with Crippen LogP contribution in [0.4, 0.5) is 0 Å². The summed E-state index contributed by atoms with van der Waals surface area (Å²) in [6, 6.07) is 6.67. The van der Waals surface area contributed by atoms with Crippen LogP contribution in [-0.2, 0) is 13.0 Å². The highest BCUT2D eigenvalue weighted by molar-refractivity contribution is 5.37. The highest BCUT2D eigenvalue weighted by atomic mass is 14.9. The summed E-state index contributed by atoms with van der Waals surface area (Å²) in [6.07, 6.45) is 5.30.